The van der Waals surface area contributed by atoms with Gasteiger partial charge in [0.1, 0.15) is 0 Å². The van der Waals surface area contributed by atoms with E-state index in [-0.39, 0.29) is 5.91 Å². The van der Waals surface area contributed by atoms with Crippen LogP contribution in [-0.4, -0.2) is 36.5 Å². The standard InChI is InChI=1S/C17H16N4O3S/c1-23-13-6-3-5-11(16(13)24-2)9-18-21-17(22)12-10-19-20-15(12)14-7-4-8-25-14/h3-10H,1-2H3,(H,19,20)(H,21,22)/b18-9-. The van der Waals surface area contributed by atoms with Gasteiger partial charge in [-0.05, 0) is 23.6 Å². The number of hydrogen-bond acceptors (Lipinski definition) is 6. The number of aromatic amines is 1. The lowest BCUT2D eigenvalue weighted by molar-refractivity contribution is 0.0956. The monoisotopic (exact) mass is 356 g/mol. The normalized spacial score (nSPS) is 10.8. The average molecular weight is 356 g/mol. The quantitative estimate of drug-likeness (QED) is 0.525. The topological polar surface area (TPSA) is 88.6 Å². The zero-order valence-electron chi connectivity index (χ0n) is 13.6. The Hall–Kier alpha value is -3.13. The summed E-state index contributed by atoms with van der Waals surface area (Å²) in [5.41, 5.74) is 4.29. The fourth-order valence-electron chi connectivity index (χ4n) is 2.30. The van der Waals surface area contributed by atoms with Crippen molar-refractivity contribution in [2.24, 2.45) is 5.10 Å². The number of ether oxygens (including phenoxy) is 2. The number of nitrogens with zero attached hydrogens (tertiary/aromatic N) is 2. The Balaban J connectivity index is 1.76. The van der Waals surface area contributed by atoms with Crippen molar-refractivity contribution in [2.45, 2.75) is 0 Å². The van der Waals surface area contributed by atoms with Crippen LogP contribution < -0.4 is 14.9 Å². The first-order valence-electron chi connectivity index (χ1n) is 7.36. The molecule has 3 rings (SSSR count). The van der Waals surface area contributed by atoms with Gasteiger partial charge < -0.3 is 9.47 Å². The van der Waals surface area contributed by atoms with Crippen LogP contribution >= 0.6 is 11.3 Å². The molecule has 0 spiro atoms. The molecule has 128 valence electrons. The predicted octanol–water partition coefficient (Wildman–Crippen LogP) is 2.92. The van der Waals surface area contributed by atoms with Gasteiger partial charge in [0.2, 0.25) is 0 Å². The molecule has 8 heteroatoms. The van der Waals surface area contributed by atoms with Crippen molar-refractivity contribution in [1.82, 2.24) is 15.6 Å². The second-order valence-corrected chi connectivity index (χ2v) is 5.87. The molecule has 7 nitrogen and oxygen atoms in total. The number of methoxy groups -OCH3 is 2. The van der Waals surface area contributed by atoms with E-state index in [9.17, 15) is 4.79 Å². The van der Waals surface area contributed by atoms with E-state index in [0.29, 0.717) is 28.3 Å². The second kappa shape index (κ2) is 7.63. The number of carbonyl (C=O) groups is 1. The van der Waals surface area contributed by atoms with Crippen LogP contribution in [0.2, 0.25) is 0 Å². The molecule has 0 unspecified atom stereocenters. The van der Waals surface area contributed by atoms with Crippen molar-refractivity contribution < 1.29 is 14.3 Å². The molecule has 2 N–H and O–H groups in total. The molecule has 0 aliphatic rings. The Morgan fingerprint density at radius 3 is 2.88 bits per heavy atom. The predicted molar refractivity (Wildman–Crippen MR) is 96.5 cm³/mol. The number of nitrogens with one attached hydrogen (secondary N) is 2. The summed E-state index contributed by atoms with van der Waals surface area (Å²) < 4.78 is 10.6. The number of para-hydroxylation sites is 1. The highest BCUT2D eigenvalue weighted by molar-refractivity contribution is 7.13. The maximum atomic E-state index is 12.4. The Morgan fingerprint density at radius 1 is 1.28 bits per heavy atom. The van der Waals surface area contributed by atoms with E-state index in [0.717, 1.165) is 4.88 Å². The Labute approximate surface area is 148 Å². The molecule has 0 saturated carbocycles. The van der Waals surface area contributed by atoms with E-state index >= 15 is 0 Å². The molecule has 0 aliphatic carbocycles. The molecule has 1 amide bonds. The molecule has 25 heavy (non-hydrogen) atoms. The lowest BCUT2D eigenvalue weighted by Crippen LogP contribution is -2.17. The third-order valence-corrected chi connectivity index (χ3v) is 4.34. The van der Waals surface area contributed by atoms with Gasteiger partial charge in [0.15, 0.2) is 11.5 Å². The fourth-order valence-corrected chi connectivity index (χ4v) is 3.04. The third kappa shape index (κ3) is 3.53. The van der Waals surface area contributed by atoms with Gasteiger partial charge in [-0.3, -0.25) is 9.89 Å². The number of hydrazone groups is 1. The SMILES string of the molecule is COc1cccc(/C=N\NC(=O)c2cn[nH]c2-c2cccs2)c1OC. The molecule has 0 bridgehead atoms. The summed E-state index contributed by atoms with van der Waals surface area (Å²) in [5.74, 6) is 0.786. The molecule has 2 aromatic heterocycles. The molecular weight excluding hydrogens is 340 g/mol. The first-order valence-corrected chi connectivity index (χ1v) is 8.24. The largest absolute Gasteiger partial charge is 0.493 e. The van der Waals surface area contributed by atoms with E-state index < -0.39 is 0 Å². The summed E-state index contributed by atoms with van der Waals surface area (Å²) in [6.45, 7) is 0. The van der Waals surface area contributed by atoms with Crippen LogP contribution in [-0.2, 0) is 0 Å². The Bertz CT molecular complexity index is 887. The molecule has 0 radical (unpaired) electrons. The van der Waals surface area contributed by atoms with Crippen LogP contribution in [0.4, 0.5) is 0 Å². The van der Waals surface area contributed by atoms with Gasteiger partial charge in [0.05, 0.1) is 42.8 Å². The number of aromatic nitrogens is 2. The maximum absolute atomic E-state index is 12.4. The van der Waals surface area contributed by atoms with E-state index in [1.54, 1.807) is 20.3 Å². The molecule has 1 aromatic carbocycles. The molecule has 0 atom stereocenters. The Kier molecular flexibility index (Phi) is 5.10. The first-order chi connectivity index (χ1) is 12.2. The summed E-state index contributed by atoms with van der Waals surface area (Å²) in [6.07, 6.45) is 2.98. The van der Waals surface area contributed by atoms with Crippen LogP contribution in [0.15, 0.2) is 47.0 Å². The van der Waals surface area contributed by atoms with Gasteiger partial charge in [-0.25, -0.2) is 5.43 Å². The first kappa shape index (κ1) is 16.7. The molecular formula is C17H16N4O3S. The zero-order chi connectivity index (χ0) is 17.6. The van der Waals surface area contributed by atoms with E-state index in [2.05, 4.69) is 20.7 Å². The minimum absolute atomic E-state index is 0.352. The number of amides is 1. The van der Waals surface area contributed by atoms with Gasteiger partial charge in [0, 0.05) is 5.56 Å². The van der Waals surface area contributed by atoms with E-state index in [4.69, 9.17) is 9.47 Å². The summed E-state index contributed by atoms with van der Waals surface area (Å²) in [4.78, 5) is 13.3. The zero-order valence-corrected chi connectivity index (χ0v) is 14.5. The van der Waals surface area contributed by atoms with Gasteiger partial charge in [-0.15, -0.1) is 11.3 Å². The number of H-pyrrole nitrogens is 1. The van der Waals surface area contributed by atoms with Crippen LogP contribution in [0, 0.1) is 0 Å². The number of thiophene rings is 1. The smallest absolute Gasteiger partial charge is 0.275 e. The van der Waals surface area contributed by atoms with Crippen LogP contribution in [0.5, 0.6) is 11.5 Å². The number of carbonyl (C=O) groups excluding carboxylic acids is 1. The van der Waals surface area contributed by atoms with Crippen molar-refractivity contribution >= 4 is 23.5 Å². The lowest BCUT2D eigenvalue weighted by Gasteiger charge is -2.09. The summed E-state index contributed by atoms with van der Waals surface area (Å²) >= 11 is 1.52. The van der Waals surface area contributed by atoms with Gasteiger partial charge >= 0.3 is 0 Å². The van der Waals surface area contributed by atoms with E-state index in [1.807, 2.05) is 29.6 Å². The van der Waals surface area contributed by atoms with Gasteiger partial charge in [0.25, 0.3) is 5.91 Å². The maximum Gasteiger partial charge on any atom is 0.275 e. The van der Waals surface area contributed by atoms with E-state index in [1.165, 1.54) is 23.7 Å². The molecule has 0 aliphatic heterocycles. The second-order valence-electron chi connectivity index (χ2n) is 4.92. The fraction of sp³-hybridized carbons (Fsp3) is 0.118. The minimum Gasteiger partial charge on any atom is -0.493 e. The summed E-state index contributed by atoms with van der Waals surface area (Å²) in [7, 11) is 3.11. The van der Waals surface area contributed by atoms with Crippen molar-refractivity contribution in [3.63, 3.8) is 0 Å². The van der Waals surface area contributed by atoms with Crippen LogP contribution in [0.3, 0.4) is 0 Å². The van der Waals surface area contributed by atoms with Crippen molar-refractivity contribution in [2.75, 3.05) is 14.2 Å². The minimum atomic E-state index is -0.352. The van der Waals surface area contributed by atoms with Gasteiger partial charge in [-0.1, -0.05) is 12.1 Å². The van der Waals surface area contributed by atoms with Crippen molar-refractivity contribution in [3.05, 3.63) is 53.0 Å². The average Bonchev–Trinajstić information content (AvgIpc) is 3.32. The molecule has 2 heterocycles. The molecule has 0 fully saturated rings. The van der Waals surface area contributed by atoms with Crippen LogP contribution in [0.25, 0.3) is 10.6 Å². The number of hydrogen-bond donors (Lipinski definition) is 2. The highest BCUT2D eigenvalue weighted by Gasteiger charge is 2.15. The van der Waals surface area contributed by atoms with Crippen LogP contribution in [0.1, 0.15) is 15.9 Å². The molecule has 3 aromatic rings. The highest BCUT2D eigenvalue weighted by atomic mass is 32.1. The third-order valence-electron chi connectivity index (χ3n) is 3.45. The lowest BCUT2D eigenvalue weighted by atomic mass is 10.2. The molecule has 0 saturated heterocycles. The Morgan fingerprint density at radius 2 is 2.16 bits per heavy atom. The van der Waals surface area contributed by atoms with Crippen molar-refractivity contribution in [1.29, 1.82) is 0 Å². The summed E-state index contributed by atoms with van der Waals surface area (Å²) in [6, 6.07) is 9.24. The van der Waals surface area contributed by atoms with Crippen molar-refractivity contribution in [3.8, 4) is 22.1 Å². The summed E-state index contributed by atoms with van der Waals surface area (Å²) in [5, 5.41) is 12.7. The number of rotatable bonds is 6. The van der Waals surface area contributed by atoms with Gasteiger partial charge in [-0.2, -0.15) is 10.2 Å². The number of benzene rings is 1. The highest BCUT2D eigenvalue weighted by Crippen LogP contribution is 2.29.